The average Bonchev–Trinajstić information content (AvgIpc) is 2.55. The lowest BCUT2D eigenvalue weighted by molar-refractivity contribution is 0.257. The molecular weight excluding hydrogens is 376 g/mol. The van der Waals surface area contributed by atoms with Gasteiger partial charge in [-0.3, -0.25) is 0 Å². The molecule has 1 aromatic rings. The minimum absolute atomic E-state index is 0.122. The van der Waals surface area contributed by atoms with E-state index in [0.717, 1.165) is 12.0 Å². The Morgan fingerprint density at radius 2 is 1.81 bits per heavy atom. The highest BCUT2D eigenvalue weighted by atomic mass is 32.2. The highest BCUT2D eigenvalue weighted by Crippen LogP contribution is 2.37. The van der Waals surface area contributed by atoms with Gasteiger partial charge in [-0.05, 0) is 50.9 Å². The number of ether oxygens (including phenoxy) is 1. The standard InChI is InChI=1S/C20H38N2O3SSi/c1-10-13-24-18-12-11-16(14-21-18)17(22-26(23)19(2,3)4)15-25-27(8,9)20(5,6)7/h11-12,14,17,22H,10,13,15H2,1-9H3. The second kappa shape index (κ2) is 9.63. The number of pyridine rings is 1. The van der Waals surface area contributed by atoms with Gasteiger partial charge in [-0.1, -0.05) is 33.8 Å². The van der Waals surface area contributed by atoms with Crippen molar-refractivity contribution in [1.29, 1.82) is 0 Å². The molecule has 0 aliphatic heterocycles. The predicted molar refractivity (Wildman–Crippen MR) is 117 cm³/mol. The molecule has 0 aromatic carbocycles. The van der Waals surface area contributed by atoms with Crippen LogP contribution in [0.3, 0.4) is 0 Å². The number of aromatic nitrogens is 1. The van der Waals surface area contributed by atoms with Gasteiger partial charge in [-0.15, -0.1) is 0 Å². The van der Waals surface area contributed by atoms with Crippen molar-refractivity contribution in [2.24, 2.45) is 0 Å². The van der Waals surface area contributed by atoms with Crippen LogP contribution in [0.1, 0.15) is 66.5 Å². The van der Waals surface area contributed by atoms with Crippen LogP contribution < -0.4 is 9.46 Å². The van der Waals surface area contributed by atoms with Gasteiger partial charge in [-0.25, -0.2) is 13.9 Å². The van der Waals surface area contributed by atoms with Crippen LogP contribution in [0.2, 0.25) is 18.1 Å². The van der Waals surface area contributed by atoms with Crippen molar-refractivity contribution >= 4 is 19.3 Å². The second-order valence-electron chi connectivity index (χ2n) is 9.40. The molecule has 0 amide bonds. The molecule has 0 saturated carbocycles. The van der Waals surface area contributed by atoms with E-state index in [2.05, 4.69) is 50.5 Å². The molecule has 0 saturated heterocycles. The molecule has 1 aromatic heterocycles. The van der Waals surface area contributed by atoms with Crippen LogP contribution in [0.15, 0.2) is 18.3 Å². The second-order valence-corrected chi connectivity index (χ2v) is 16.2. The van der Waals surface area contributed by atoms with Gasteiger partial charge in [0.25, 0.3) is 0 Å². The molecule has 156 valence electrons. The smallest absolute Gasteiger partial charge is 0.213 e. The Kier molecular flexibility index (Phi) is 8.66. The summed E-state index contributed by atoms with van der Waals surface area (Å²) >= 11 is 0. The van der Waals surface area contributed by atoms with E-state index in [9.17, 15) is 4.21 Å². The van der Waals surface area contributed by atoms with Gasteiger partial charge in [0.05, 0.1) is 35.0 Å². The van der Waals surface area contributed by atoms with Gasteiger partial charge < -0.3 is 9.16 Å². The topological polar surface area (TPSA) is 60.5 Å². The van der Waals surface area contributed by atoms with Gasteiger partial charge in [0.1, 0.15) is 0 Å². The monoisotopic (exact) mass is 414 g/mol. The van der Waals surface area contributed by atoms with Crippen LogP contribution in [0.5, 0.6) is 5.88 Å². The molecule has 0 aliphatic rings. The SMILES string of the molecule is CCCOc1ccc(C(CO[Si](C)(C)C(C)(C)C)NS(=O)C(C)(C)C)cn1. The molecule has 0 spiro atoms. The zero-order valence-corrected chi connectivity index (χ0v) is 20.3. The zero-order chi connectivity index (χ0) is 20.9. The van der Waals surface area contributed by atoms with E-state index < -0.39 is 19.3 Å². The fourth-order valence-electron chi connectivity index (χ4n) is 1.90. The van der Waals surface area contributed by atoms with Gasteiger partial charge in [-0.2, -0.15) is 0 Å². The number of hydrogen-bond donors (Lipinski definition) is 1. The van der Waals surface area contributed by atoms with Crippen molar-refractivity contribution in [3.05, 3.63) is 23.9 Å². The van der Waals surface area contributed by atoms with Crippen molar-refractivity contribution in [3.63, 3.8) is 0 Å². The Bertz CT molecular complexity index is 607. The molecule has 0 bridgehead atoms. The fourth-order valence-corrected chi connectivity index (χ4v) is 3.73. The summed E-state index contributed by atoms with van der Waals surface area (Å²) in [5, 5.41) is 0.122. The first-order valence-corrected chi connectivity index (χ1v) is 13.7. The molecule has 1 N–H and O–H groups in total. The van der Waals surface area contributed by atoms with E-state index in [-0.39, 0.29) is 15.8 Å². The predicted octanol–water partition coefficient (Wildman–Crippen LogP) is 4.99. The van der Waals surface area contributed by atoms with E-state index in [1.807, 2.05) is 32.9 Å². The van der Waals surface area contributed by atoms with Gasteiger partial charge in [0.2, 0.25) is 5.88 Å². The van der Waals surface area contributed by atoms with Crippen molar-refractivity contribution in [2.45, 2.75) is 83.8 Å². The Hall–Kier alpha value is -0.763. The van der Waals surface area contributed by atoms with Gasteiger partial charge in [0, 0.05) is 12.3 Å². The first-order valence-electron chi connectivity index (χ1n) is 9.68. The molecule has 0 fully saturated rings. The molecular formula is C20H38N2O3SSi. The van der Waals surface area contributed by atoms with E-state index in [1.165, 1.54) is 0 Å². The van der Waals surface area contributed by atoms with Crippen molar-refractivity contribution in [2.75, 3.05) is 13.2 Å². The van der Waals surface area contributed by atoms with Crippen LogP contribution in [0.4, 0.5) is 0 Å². The summed E-state index contributed by atoms with van der Waals surface area (Å²) in [5.74, 6) is 0.613. The van der Waals surface area contributed by atoms with Gasteiger partial charge in [0.15, 0.2) is 8.32 Å². The molecule has 0 aliphatic carbocycles. The van der Waals surface area contributed by atoms with Crippen LogP contribution in [0, 0.1) is 0 Å². The third kappa shape index (κ3) is 7.64. The summed E-state index contributed by atoms with van der Waals surface area (Å²) in [4.78, 5) is 4.39. The number of rotatable bonds is 9. The highest BCUT2D eigenvalue weighted by Gasteiger charge is 2.38. The maximum atomic E-state index is 12.7. The van der Waals surface area contributed by atoms with Crippen molar-refractivity contribution in [1.82, 2.24) is 9.71 Å². The highest BCUT2D eigenvalue weighted by molar-refractivity contribution is 7.84. The van der Waals surface area contributed by atoms with Crippen LogP contribution >= 0.6 is 0 Å². The lowest BCUT2D eigenvalue weighted by atomic mass is 10.1. The lowest BCUT2D eigenvalue weighted by Crippen LogP contribution is -2.44. The summed E-state index contributed by atoms with van der Waals surface area (Å²) in [5.41, 5.74) is 0.954. The number of hydrogen-bond acceptors (Lipinski definition) is 4. The van der Waals surface area contributed by atoms with Crippen molar-refractivity contribution < 1.29 is 13.4 Å². The molecule has 2 atom stereocenters. The van der Waals surface area contributed by atoms with Crippen LogP contribution in [-0.2, 0) is 15.4 Å². The zero-order valence-electron chi connectivity index (χ0n) is 18.5. The molecule has 1 heterocycles. The van der Waals surface area contributed by atoms with Crippen LogP contribution in [0.25, 0.3) is 0 Å². The maximum Gasteiger partial charge on any atom is 0.213 e. The Balaban J connectivity index is 2.99. The maximum absolute atomic E-state index is 12.7. The van der Waals surface area contributed by atoms with Crippen LogP contribution in [-0.4, -0.2) is 35.5 Å². The number of nitrogens with one attached hydrogen (secondary N) is 1. The molecule has 2 unspecified atom stereocenters. The van der Waals surface area contributed by atoms with E-state index in [0.29, 0.717) is 19.1 Å². The van der Waals surface area contributed by atoms with E-state index >= 15 is 0 Å². The van der Waals surface area contributed by atoms with E-state index in [4.69, 9.17) is 9.16 Å². The lowest BCUT2D eigenvalue weighted by Gasteiger charge is -2.37. The Morgan fingerprint density at radius 3 is 2.26 bits per heavy atom. The first kappa shape index (κ1) is 24.3. The quantitative estimate of drug-likeness (QED) is 0.579. The number of nitrogens with zero attached hydrogens (tertiary/aromatic N) is 1. The molecule has 1 rings (SSSR count). The van der Waals surface area contributed by atoms with Crippen molar-refractivity contribution in [3.8, 4) is 5.88 Å². The third-order valence-electron chi connectivity index (χ3n) is 4.84. The first-order chi connectivity index (χ1) is 12.3. The minimum atomic E-state index is -1.91. The fraction of sp³-hybridized carbons (Fsp3) is 0.750. The average molecular weight is 415 g/mol. The van der Waals surface area contributed by atoms with E-state index in [1.54, 1.807) is 6.20 Å². The molecule has 27 heavy (non-hydrogen) atoms. The summed E-state index contributed by atoms with van der Waals surface area (Å²) in [7, 11) is -3.11. The molecule has 7 heteroatoms. The molecule has 0 radical (unpaired) electrons. The molecule has 5 nitrogen and oxygen atoms in total. The largest absolute Gasteiger partial charge is 0.478 e. The van der Waals surface area contributed by atoms with Gasteiger partial charge >= 0.3 is 0 Å². The minimum Gasteiger partial charge on any atom is -0.478 e. The normalized spacial score (nSPS) is 15.4. The summed E-state index contributed by atoms with van der Waals surface area (Å²) in [6.45, 7) is 20.2. The Morgan fingerprint density at radius 1 is 1.19 bits per heavy atom. The summed E-state index contributed by atoms with van der Waals surface area (Å²) < 4.78 is 27.6. The summed E-state index contributed by atoms with van der Waals surface area (Å²) in [6.07, 6.45) is 2.73. The Labute approximate surface area is 169 Å². The summed E-state index contributed by atoms with van der Waals surface area (Å²) in [6, 6.07) is 3.66. The third-order valence-corrected chi connectivity index (χ3v) is 10.9.